The quantitative estimate of drug-likeness (QED) is 0.313. The van der Waals surface area contributed by atoms with Crippen molar-refractivity contribution in [1.29, 1.82) is 5.26 Å². The van der Waals surface area contributed by atoms with E-state index < -0.39 is 0 Å². The van der Waals surface area contributed by atoms with Crippen molar-refractivity contribution in [2.75, 3.05) is 22.1 Å². The molecule has 0 radical (unpaired) electrons. The Bertz CT molecular complexity index is 1210. The van der Waals surface area contributed by atoms with Gasteiger partial charge in [-0.3, -0.25) is 9.59 Å². The molecular weight excluding hydrogens is 452 g/mol. The minimum Gasteiger partial charge on any atom is -0.324 e. The summed E-state index contributed by atoms with van der Waals surface area (Å²) < 4.78 is 0. The molecule has 166 valence electrons. The van der Waals surface area contributed by atoms with Gasteiger partial charge in [-0.1, -0.05) is 48.2 Å². The molecule has 0 saturated carbocycles. The summed E-state index contributed by atoms with van der Waals surface area (Å²) >= 11 is 2.74. The summed E-state index contributed by atoms with van der Waals surface area (Å²) in [6.45, 7) is 5.43. The molecule has 3 aromatic rings. The molecule has 2 N–H and O–H groups in total. The van der Waals surface area contributed by atoms with E-state index in [1.165, 1.54) is 6.07 Å². The zero-order valence-corrected chi connectivity index (χ0v) is 19.6. The molecule has 3 rings (SSSR count). The molecule has 0 aliphatic heterocycles. The molecule has 0 bridgehead atoms. The molecule has 6 nitrogen and oxygen atoms in total. The van der Waals surface area contributed by atoms with E-state index in [4.69, 9.17) is 0 Å². The number of hydrogen-bond donors (Lipinski definition) is 2. The summed E-state index contributed by atoms with van der Waals surface area (Å²) in [4.78, 5) is 30.6. The van der Waals surface area contributed by atoms with Crippen molar-refractivity contribution < 1.29 is 9.59 Å². The van der Waals surface area contributed by atoms with Crippen molar-refractivity contribution in [3.8, 4) is 6.07 Å². The Morgan fingerprint density at radius 3 is 2.55 bits per heavy atom. The number of carbonyl (C=O) groups excluding carboxylic acids is 2. The van der Waals surface area contributed by atoms with Gasteiger partial charge in [0.15, 0.2) is 0 Å². The molecule has 0 fully saturated rings. The van der Waals surface area contributed by atoms with Gasteiger partial charge in [-0.2, -0.15) is 5.26 Å². The van der Waals surface area contributed by atoms with Crippen molar-refractivity contribution >= 4 is 46.7 Å². The van der Waals surface area contributed by atoms with Crippen molar-refractivity contribution in [2.45, 2.75) is 16.8 Å². The van der Waals surface area contributed by atoms with Crippen LogP contribution in [0.2, 0.25) is 0 Å². The minimum atomic E-state index is -0.342. The molecule has 2 amide bonds. The number of pyridine rings is 1. The van der Waals surface area contributed by atoms with Crippen LogP contribution in [0.4, 0.5) is 11.4 Å². The molecular formula is C25H22N4O2S2. The highest BCUT2D eigenvalue weighted by Gasteiger charge is 2.17. The van der Waals surface area contributed by atoms with Gasteiger partial charge in [0.1, 0.15) is 11.1 Å². The Labute approximate surface area is 201 Å². The Kier molecular flexibility index (Phi) is 8.70. The first-order chi connectivity index (χ1) is 16.0. The maximum Gasteiger partial charge on any atom is 0.257 e. The fourth-order valence-corrected chi connectivity index (χ4v) is 4.44. The number of nitriles is 1. The lowest BCUT2D eigenvalue weighted by Crippen LogP contribution is -2.16. The number of nitrogens with zero attached hydrogens (tertiary/aromatic N) is 2. The third-order valence-corrected chi connectivity index (χ3v) is 6.49. The van der Waals surface area contributed by atoms with E-state index in [1.807, 2.05) is 42.5 Å². The van der Waals surface area contributed by atoms with Crippen LogP contribution in [0.1, 0.15) is 21.6 Å². The Hall–Kier alpha value is -3.54. The van der Waals surface area contributed by atoms with Gasteiger partial charge < -0.3 is 10.6 Å². The zero-order valence-electron chi connectivity index (χ0n) is 18.0. The fourth-order valence-electron chi connectivity index (χ4n) is 2.89. The SMILES string of the molecule is C=CCSc1ccccc1NC(=O)CSc1nc(C)c(C(=O)Nc2ccccc2)cc1C#N. The minimum absolute atomic E-state index is 0.0805. The van der Waals surface area contributed by atoms with Gasteiger partial charge in [0, 0.05) is 16.3 Å². The van der Waals surface area contributed by atoms with E-state index in [-0.39, 0.29) is 23.1 Å². The average Bonchev–Trinajstić information content (AvgIpc) is 2.82. The topological polar surface area (TPSA) is 94.9 Å². The average molecular weight is 475 g/mol. The Morgan fingerprint density at radius 1 is 1.09 bits per heavy atom. The zero-order chi connectivity index (χ0) is 23.6. The smallest absolute Gasteiger partial charge is 0.257 e. The van der Waals surface area contributed by atoms with E-state index in [2.05, 4.69) is 28.3 Å². The highest BCUT2D eigenvalue weighted by atomic mass is 32.2. The summed E-state index contributed by atoms with van der Waals surface area (Å²) in [6, 6.07) is 20.2. The van der Waals surface area contributed by atoms with Crippen molar-refractivity contribution in [3.63, 3.8) is 0 Å². The van der Waals surface area contributed by atoms with E-state index in [0.717, 1.165) is 28.1 Å². The van der Waals surface area contributed by atoms with E-state index in [9.17, 15) is 14.9 Å². The van der Waals surface area contributed by atoms with Crippen LogP contribution < -0.4 is 10.6 Å². The third kappa shape index (κ3) is 6.72. The van der Waals surface area contributed by atoms with Crippen LogP contribution in [0.25, 0.3) is 0 Å². The van der Waals surface area contributed by atoms with Crippen LogP contribution in [0.15, 0.2) is 83.2 Å². The number of rotatable bonds is 9. The highest BCUT2D eigenvalue weighted by Crippen LogP contribution is 2.28. The maximum absolute atomic E-state index is 12.7. The molecule has 33 heavy (non-hydrogen) atoms. The van der Waals surface area contributed by atoms with E-state index in [1.54, 1.807) is 36.9 Å². The second-order valence-electron chi connectivity index (χ2n) is 6.84. The maximum atomic E-state index is 12.7. The molecule has 0 atom stereocenters. The number of carbonyl (C=O) groups is 2. The number of amides is 2. The third-order valence-electron chi connectivity index (χ3n) is 4.43. The second-order valence-corrected chi connectivity index (χ2v) is 8.86. The summed E-state index contributed by atoms with van der Waals surface area (Å²) in [6.07, 6.45) is 1.81. The van der Waals surface area contributed by atoms with Crippen LogP contribution in [-0.4, -0.2) is 28.3 Å². The van der Waals surface area contributed by atoms with Crippen molar-refractivity contribution in [3.05, 3.63) is 90.1 Å². The predicted molar refractivity (Wildman–Crippen MR) is 135 cm³/mol. The number of benzene rings is 2. The molecule has 0 unspecified atom stereocenters. The van der Waals surface area contributed by atoms with Crippen LogP contribution >= 0.6 is 23.5 Å². The molecule has 0 aliphatic carbocycles. The number of para-hydroxylation sites is 2. The van der Waals surface area contributed by atoms with Crippen LogP contribution in [-0.2, 0) is 4.79 Å². The molecule has 8 heteroatoms. The van der Waals surface area contributed by atoms with E-state index >= 15 is 0 Å². The lowest BCUT2D eigenvalue weighted by Gasteiger charge is -2.12. The molecule has 0 aliphatic rings. The fraction of sp³-hybridized carbons (Fsp3) is 0.120. The summed E-state index contributed by atoms with van der Waals surface area (Å²) in [5.41, 5.74) is 2.43. The number of hydrogen-bond acceptors (Lipinski definition) is 6. The predicted octanol–water partition coefficient (Wildman–Crippen LogP) is 5.52. The first-order valence-electron chi connectivity index (χ1n) is 10.1. The molecule has 0 spiro atoms. The van der Waals surface area contributed by atoms with Crippen LogP contribution in [0.3, 0.4) is 0 Å². The van der Waals surface area contributed by atoms with Crippen molar-refractivity contribution in [1.82, 2.24) is 4.98 Å². The Morgan fingerprint density at radius 2 is 1.82 bits per heavy atom. The van der Waals surface area contributed by atoms with E-state index in [0.29, 0.717) is 22.0 Å². The van der Waals surface area contributed by atoms with Crippen LogP contribution in [0.5, 0.6) is 0 Å². The molecule has 1 aromatic heterocycles. The summed E-state index contributed by atoms with van der Waals surface area (Å²) in [5, 5.41) is 15.7. The number of thioether (sulfide) groups is 2. The van der Waals surface area contributed by atoms with Gasteiger partial charge in [-0.05, 0) is 37.3 Å². The van der Waals surface area contributed by atoms with Gasteiger partial charge in [0.2, 0.25) is 5.91 Å². The van der Waals surface area contributed by atoms with Crippen LogP contribution in [0, 0.1) is 18.3 Å². The van der Waals surface area contributed by atoms with Gasteiger partial charge in [0.05, 0.1) is 28.3 Å². The largest absolute Gasteiger partial charge is 0.324 e. The normalized spacial score (nSPS) is 10.2. The number of aryl methyl sites for hydroxylation is 1. The number of anilines is 2. The number of nitrogens with one attached hydrogen (secondary N) is 2. The molecule has 2 aromatic carbocycles. The lowest BCUT2D eigenvalue weighted by molar-refractivity contribution is -0.113. The lowest BCUT2D eigenvalue weighted by atomic mass is 10.1. The molecule has 1 heterocycles. The first kappa shape index (κ1) is 24.1. The number of aromatic nitrogens is 1. The monoisotopic (exact) mass is 474 g/mol. The second kappa shape index (κ2) is 11.9. The van der Waals surface area contributed by atoms with Gasteiger partial charge in [-0.25, -0.2) is 4.98 Å². The van der Waals surface area contributed by atoms with Gasteiger partial charge in [-0.15, -0.1) is 18.3 Å². The first-order valence-corrected chi connectivity index (χ1v) is 12.0. The summed E-state index contributed by atoms with van der Waals surface area (Å²) in [5.74, 6) is 0.268. The highest BCUT2D eigenvalue weighted by molar-refractivity contribution is 8.00. The van der Waals surface area contributed by atoms with Gasteiger partial charge >= 0.3 is 0 Å². The molecule has 0 saturated heterocycles. The standard InChI is InChI=1S/C25H22N4O2S2/c1-3-13-32-22-12-8-7-11-21(22)29-23(30)16-33-25-18(15-26)14-20(17(2)27-25)24(31)28-19-9-5-4-6-10-19/h3-12,14H,1,13,16H2,2H3,(H,28,31)(H,29,30). The van der Waals surface area contributed by atoms with Crippen molar-refractivity contribution in [2.24, 2.45) is 0 Å². The Balaban J connectivity index is 1.68. The summed E-state index contributed by atoms with van der Waals surface area (Å²) in [7, 11) is 0. The van der Waals surface area contributed by atoms with Gasteiger partial charge in [0.25, 0.3) is 5.91 Å².